The molecule has 0 saturated carbocycles. The molecule has 90 valence electrons. The predicted octanol–water partition coefficient (Wildman–Crippen LogP) is 1.53. The number of hydrogen-bond acceptors (Lipinski definition) is 3. The largest absolute Gasteiger partial charge is 0.506 e. The lowest BCUT2D eigenvalue weighted by molar-refractivity contribution is 0.392. The zero-order valence-electron chi connectivity index (χ0n) is 10.0. The molecule has 0 radical (unpaired) electrons. The van der Waals surface area contributed by atoms with Gasteiger partial charge in [0.15, 0.2) is 0 Å². The number of fused-ring (bicyclic) bond motifs is 1. The molecule has 4 heteroatoms. The average molecular weight is 231 g/mol. The van der Waals surface area contributed by atoms with E-state index in [4.69, 9.17) is 0 Å². The number of aromatic nitrogens is 2. The van der Waals surface area contributed by atoms with Gasteiger partial charge in [0, 0.05) is 19.2 Å². The van der Waals surface area contributed by atoms with Gasteiger partial charge in [0.1, 0.15) is 17.1 Å². The Morgan fingerprint density at radius 2 is 2.41 bits per heavy atom. The Kier molecular flexibility index (Phi) is 2.52. The van der Waals surface area contributed by atoms with Crippen LogP contribution in [0.25, 0.3) is 5.52 Å². The Bertz CT molecular complexity index is 534. The molecule has 0 aliphatic carbocycles. The summed E-state index contributed by atoms with van der Waals surface area (Å²) in [6.07, 6.45) is 5.95. The number of nitrogens with zero attached hydrogens (tertiary/aromatic N) is 3. The molecular formula is C13H17N3O. The first-order valence-electron chi connectivity index (χ1n) is 6.06. The van der Waals surface area contributed by atoms with Crippen LogP contribution >= 0.6 is 0 Å². The normalized spacial score (nSPS) is 21.4. The topological polar surface area (TPSA) is 40.8 Å². The Hall–Kier alpha value is -1.55. The maximum absolute atomic E-state index is 9.72. The number of rotatable bonds is 2. The number of pyridine rings is 1. The van der Waals surface area contributed by atoms with Gasteiger partial charge in [-0.3, -0.25) is 0 Å². The predicted molar refractivity (Wildman–Crippen MR) is 66.2 cm³/mol. The summed E-state index contributed by atoms with van der Waals surface area (Å²) >= 11 is 0. The molecule has 0 aromatic carbocycles. The minimum absolute atomic E-state index is 0.301. The molecule has 1 saturated heterocycles. The lowest BCUT2D eigenvalue weighted by Crippen LogP contribution is -2.15. The summed E-state index contributed by atoms with van der Waals surface area (Å²) in [6, 6.07) is 3.55. The van der Waals surface area contributed by atoms with Gasteiger partial charge in [-0.05, 0) is 38.1 Å². The number of likely N-dealkylation sites (tertiary alicyclic amines) is 1. The molecule has 2 aromatic rings. The van der Waals surface area contributed by atoms with Crippen molar-refractivity contribution in [2.45, 2.75) is 12.8 Å². The Morgan fingerprint density at radius 1 is 1.53 bits per heavy atom. The summed E-state index contributed by atoms with van der Waals surface area (Å²) in [4.78, 5) is 6.79. The van der Waals surface area contributed by atoms with Crippen molar-refractivity contribution in [3.05, 3.63) is 30.4 Å². The van der Waals surface area contributed by atoms with Crippen molar-refractivity contribution >= 4 is 5.52 Å². The summed E-state index contributed by atoms with van der Waals surface area (Å²) < 4.78 is 1.99. The average Bonchev–Trinajstić information content (AvgIpc) is 2.88. The van der Waals surface area contributed by atoms with E-state index in [0.29, 0.717) is 11.7 Å². The lowest BCUT2D eigenvalue weighted by Gasteiger charge is -2.09. The molecule has 0 amide bonds. The van der Waals surface area contributed by atoms with Crippen molar-refractivity contribution < 1.29 is 5.11 Å². The molecule has 17 heavy (non-hydrogen) atoms. The highest BCUT2D eigenvalue weighted by Gasteiger charge is 2.21. The molecule has 1 fully saturated rings. The monoisotopic (exact) mass is 231 g/mol. The molecule has 1 N–H and O–H groups in total. The van der Waals surface area contributed by atoms with Crippen molar-refractivity contribution in [1.29, 1.82) is 0 Å². The summed E-state index contributed by atoms with van der Waals surface area (Å²) in [5.74, 6) is 2.04. The summed E-state index contributed by atoms with van der Waals surface area (Å²) in [5, 5.41) is 9.72. The first kappa shape index (κ1) is 10.6. The van der Waals surface area contributed by atoms with Crippen LogP contribution in [0, 0.1) is 5.92 Å². The molecule has 4 nitrogen and oxygen atoms in total. The van der Waals surface area contributed by atoms with Crippen molar-refractivity contribution in [3.8, 4) is 5.75 Å². The maximum atomic E-state index is 9.72. The third-order valence-electron chi connectivity index (χ3n) is 3.59. The van der Waals surface area contributed by atoms with Gasteiger partial charge in [-0.15, -0.1) is 0 Å². The highest BCUT2D eigenvalue weighted by atomic mass is 16.3. The fourth-order valence-corrected chi connectivity index (χ4v) is 2.66. The second kappa shape index (κ2) is 4.04. The van der Waals surface area contributed by atoms with E-state index in [-0.39, 0.29) is 0 Å². The van der Waals surface area contributed by atoms with Crippen molar-refractivity contribution in [2.24, 2.45) is 5.92 Å². The van der Waals surface area contributed by atoms with E-state index < -0.39 is 0 Å². The molecule has 1 aliphatic heterocycles. The second-order valence-corrected chi connectivity index (χ2v) is 4.94. The van der Waals surface area contributed by atoms with Crippen molar-refractivity contribution in [1.82, 2.24) is 14.3 Å². The van der Waals surface area contributed by atoms with E-state index in [1.165, 1.54) is 13.0 Å². The van der Waals surface area contributed by atoms with Crippen LogP contribution < -0.4 is 0 Å². The Morgan fingerprint density at radius 3 is 3.18 bits per heavy atom. The number of aromatic hydroxyl groups is 1. The van der Waals surface area contributed by atoms with Crippen LogP contribution in [-0.2, 0) is 6.42 Å². The van der Waals surface area contributed by atoms with E-state index in [1.54, 1.807) is 12.3 Å². The molecule has 2 aromatic heterocycles. The van der Waals surface area contributed by atoms with Crippen LogP contribution in [0.1, 0.15) is 12.2 Å². The van der Waals surface area contributed by atoms with Crippen LogP contribution in [0.5, 0.6) is 5.75 Å². The van der Waals surface area contributed by atoms with Gasteiger partial charge in [0.05, 0.1) is 6.20 Å². The quantitative estimate of drug-likeness (QED) is 0.852. The highest BCUT2D eigenvalue weighted by molar-refractivity contribution is 5.58. The SMILES string of the molecule is CN1CCC(Cc2ncc3c(O)cccn23)C1. The van der Waals surface area contributed by atoms with E-state index in [2.05, 4.69) is 16.9 Å². The van der Waals surface area contributed by atoms with Gasteiger partial charge in [0.2, 0.25) is 0 Å². The maximum Gasteiger partial charge on any atom is 0.141 e. The zero-order chi connectivity index (χ0) is 11.8. The van der Waals surface area contributed by atoms with Gasteiger partial charge < -0.3 is 14.4 Å². The third kappa shape index (κ3) is 1.89. The zero-order valence-corrected chi connectivity index (χ0v) is 10.0. The Balaban J connectivity index is 1.88. The van der Waals surface area contributed by atoms with Gasteiger partial charge >= 0.3 is 0 Å². The molecule has 0 spiro atoms. The molecule has 1 unspecified atom stereocenters. The lowest BCUT2D eigenvalue weighted by atomic mass is 10.0. The van der Waals surface area contributed by atoms with Gasteiger partial charge in [-0.2, -0.15) is 0 Å². The van der Waals surface area contributed by atoms with Crippen molar-refractivity contribution in [3.63, 3.8) is 0 Å². The fourth-order valence-electron chi connectivity index (χ4n) is 2.66. The van der Waals surface area contributed by atoms with Crippen LogP contribution in [0.4, 0.5) is 0 Å². The van der Waals surface area contributed by atoms with Crippen LogP contribution in [0.3, 0.4) is 0 Å². The van der Waals surface area contributed by atoms with Crippen LogP contribution in [0.2, 0.25) is 0 Å². The summed E-state index contributed by atoms with van der Waals surface area (Å²) in [6.45, 7) is 2.33. The van der Waals surface area contributed by atoms with E-state index >= 15 is 0 Å². The standard InChI is InChI=1S/C13H17N3O/c1-15-6-4-10(9-15)7-13-14-8-11-12(17)3-2-5-16(11)13/h2-3,5,8,10,17H,4,6-7,9H2,1H3. The Labute approximate surface area is 101 Å². The van der Waals surface area contributed by atoms with E-state index in [1.807, 2.05) is 16.7 Å². The summed E-state index contributed by atoms with van der Waals surface area (Å²) in [5.41, 5.74) is 0.800. The van der Waals surface area contributed by atoms with Gasteiger partial charge in [0.25, 0.3) is 0 Å². The third-order valence-corrected chi connectivity index (χ3v) is 3.59. The van der Waals surface area contributed by atoms with Crippen LogP contribution in [-0.4, -0.2) is 39.5 Å². The minimum atomic E-state index is 0.301. The first-order chi connectivity index (χ1) is 8.24. The molecule has 3 rings (SSSR count). The number of imidazole rings is 1. The van der Waals surface area contributed by atoms with E-state index in [9.17, 15) is 5.11 Å². The van der Waals surface area contributed by atoms with E-state index in [0.717, 1.165) is 24.3 Å². The van der Waals surface area contributed by atoms with Gasteiger partial charge in [-0.25, -0.2) is 4.98 Å². The van der Waals surface area contributed by atoms with Crippen molar-refractivity contribution in [2.75, 3.05) is 20.1 Å². The smallest absolute Gasteiger partial charge is 0.141 e. The molecule has 1 atom stereocenters. The first-order valence-corrected chi connectivity index (χ1v) is 6.06. The fraction of sp³-hybridized carbons (Fsp3) is 0.462. The molecule has 3 heterocycles. The highest BCUT2D eigenvalue weighted by Crippen LogP contribution is 2.23. The van der Waals surface area contributed by atoms with Gasteiger partial charge in [-0.1, -0.05) is 0 Å². The van der Waals surface area contributed by atoms with Crippen LogP contribution in [0.15, 0.2) is 24.5 Å². The minimum Gasteiger partial charge on any atom is -0.506 e. The molecular weight excluding hydrogens is 214 g/mol. The summed E-state index contributed by atoms with van der Waals surface area (Å²) in [7, 11) is 2.16. The second-order valence-electron chi connectivity index (χ2n) is 4.94. The molecule has 0 bridgehead atoms. The molecule has 1 aliphatic rings. The number of hydrogen-bond donors (Lipinski definition) is 1.